The highest BCUT2D eigenvalue weighted by molar-refractivity contribution is 5.34. The zero-order chi connectivity index (χ0) is 13.1. The van der Waals surface area contributed by atoms with Crippen molar-refractivity contribution >= 4 is 0 Å². The second kappa shape index (κ2) is 5.88. The van der Waals surface area contributed by atoms with Crippen LogP contribution in [0.25, 0.3) is 0 Å². The Hall–Kier alpha value is -0.820. The Morgan fingerprint density at radius 1 is 1.22 bits per heavy atom. The van der Waals surface area contributed by atoms with Crippen LogP contribution in [0.4, 0.5) is 0 Å². The van der Waals surface area contributed by atoms with E-state index in [9.17, 15) is 0 Å². The second-order valence-electron chi connectivity index (χ2n) is 6.04. The summed E-state index contributed by atoms with van der Waals surface area (Å²) in [5, 5.41) is 3.58. The first kappa shape index (κ1) is 13.6. The number of hydrogen-bond donors (Lipinski definition) is 1. The lowest BCUT2D eigenvalue weighted by Gasteiger charge is -2.28. The molecule has 0 aromatic heterocycles. The van der Waals surface area contributed by atoms with E-state index in [1.54, 1.807) is 5.56 Å². The lowest BCUT2D eigenvalue weighted by atomic mass is 9.84. The molecule has 2 rings (SSSR count). The van der Waals surface area contributed by atoms with Crippen molar-refractivity contribution in [1.29, 1.82) is 0 Å². The molecule has 0 aliphatic heterocycles. The Morgan fingerprint density at radius 3 is 2.39 bits per heavy atom. The van der Waals surface area contributed by atoms with E-state index < -0.39 is 0 Å². The fourth-order valence-electron chi connectivity index (χ4n) is 3.63. The third-order valence-electron chi connectivity index (χ3n) is 4.88. The van der Waals surface area contributed by atoms with Crippen LogP contribution in [0.2, 0.25) is 0 Å². The average molecular weight is 245 g/mol. The van der Waals surface area contributed by atoms with Crippen LogP contribution < -0.4 is 5.32 Å². The zero-order valence-electron chi connectivity index (χ0n) is 12.3. The molecule has 1 aliphatic carbocycles. The maximum Gasteiger partial charge on any atom is 0.0135 e. The van der Waals surface area contributed by atoms with Crippen molar-refractivity contribution in [2.75, 3.05) is 7.05 Å². The van der Waals surface area contributed by atoms with Gasteiger partial charge in [-0.1, -0.05) is 38.0 Å². The Morgan fingerprint density at radius 2 is 1.89 bits per heavy atom. The molecule has 0 spiro atoms. The fraction of sp³-hybridized carbons (Fsp3) is 0.647. The molecule has 100 valence electrons. The molecule has 0 amide bonds. The Bertz CT molecular complexity index is 376. The summed E-state index contributed by atoms with van der Waals surface area (Å²) in [5.41, 5.74) is 4.44. The Labute approximate surface area is 112 Å². The molecule has 1 saturated carbocycles. The summed E-state index contributed by atoms with van der Waals surface area (Å²) in [6, 6.07) is 7.29. The van der Waals surface area contributed by atoms with E-state index in [-0.39, 0.29) is 0 Å². The molecule has 18 heavy (non-hydrogen) atoms. The summed E-state index contributed by atoms with van der Waals surface area (Å²) >= 11 is 0. The molecule has 3 atom stereocenters. The third kappa shape index (κ3) is 2.77. The molecule has 0 saturated heterocycles. The number of aryl methyl sites for hydroxylation is 2. The number of nitrogens with one attached hydrogen (secondary N) is 1. The molecule has 0 heterocycles. The van der Waals surface area contributed by atoms with E-state index in [4.69, 9.17) is 0 Å². The molecule has 1 N–H and O–H groups in total. The summed E-state index contributed by atoms with van der Waals surface area (Å²) in [6.07, 6.45) is 5.41. The Kier molecular flexibility index (Phi) is 4.45. The van der Waals surface area contributed by atoms with Crippen LogP contribution in [0.3, 0.4) is 0 Å². The van der Waals surface area contributed by atoms with Crippen LogP contribution in [0.15, 0.2) is 18.2 Å². The van der Waals surface area contributed by atoms with Crippen LogP contribution in [0, 0.1) is 25.7 Å². The number of benzene rings is 1. The zero-order valence-corrected chi connectivity index (χ0v) is 12.3. The largest absolute Gasteiger partial charge is 0.316 e. The van der Waals surface area contributed by atoms with Gasteiger partial charge in [0.2, 0.25) is 0 Å². The van der Waals surface area contributed by atoms with Gasteiger partial charge in [-0.05, 0) is 62.3 Å². The quantitative estimate of drug-likeness (QED) is 0.849. The average Bonchev–Trinajstić information content (AvgIpc) is 2.76. The highest BCUT2D eigenvalue weighted by Crippen LogP contribution is 2.35. The van der Waals surface area contributed by atoms with Gasteiger partial charge in [-0.15, -0.1) is 0 Å². The fourth-order valence-corrected chi connectivity index (χ4v) is 3.63. The van der Waals surface area contributed by atoms with Gasteiger partial charge in [-0.3, -0.25) is 0 Å². The van der Waals surface area contributed by atoms with Gasteiger partial charge in [0.25, 0.3) is 0 Å². The van der Waals surface area contributed by atoms with Crippen molar-refractivity contribution < 1.29 is 0 Å². The van der Waals surface area contributed by atoms with Crippen LogP contribution >= 0.6 is 0 Å². The maximum absolute atomic E-state index is 3.58. The molecule has 1 fully saturated rings. The minimum absolute atomic E-state index is 0.641. The molecule has 0 bridgehead atoms. The molecule has 1 aromatic rings. The Balaban J connectivity index is 2.15. The van der Waals surface area contributed by atoms with Gasteiger partial charge in [0.1, 0.15) is 0 Å². The number of rotatable bonds is 4. The van der Waals surface area contributed by atoms with Crippen molar-refractivity contribution in [3.8, 4) is 0 Å². The summed E-state index contributed by atoms with van der Waals surface area (Å²) < 4.78 is 0. The van der Waals surface area contributed by atoms with Gasteiger partial charge in [0, 0.05) is 6.04 Å². The van der Waals surface area contributed by atoms with E-state index in [0.717, 1.165) is 11.8 Å². The third-order valence-corrected chi connectivity index (χ3v) is 4.88. The highest BCUT2D eigenvalue weighted by Gasteiger charge is 2.30. The topological polar surface area (TPSA) is 12.0 Å². The van der Waals surface area contributed by atoms with E-state index in [2.05, 4.69) is 51.3 Å². The number of likely N-dealkylation sites (N-methyl/N-ethyl adjacent to an activating group) is 1. The predicted molar refractivity (Wildman–Crippen MR) is 79.0 cm³/mol. The summed E-state index contributed by atoms with van der Waals surface area (Å²) in [4.78, 5) is 0. The van der Waals surface area contributed by atoms with Gasteiger partial charge < -0.3 is 5.32 Å². The molecule has 0 radical (unpaired) electrons. The maximum atomic E-state index is 3.58. The van der Waals surface area contributed by atoms with Crippen LogP contribution in [-0.4, -0.2) is 13.1 Å². The first-order chi connectivity index (χ1) is 8.63. The molecular weight excluding hydrogens is 218 g/mol. The van der Waals surface area contributed by atoms with Gasteiger partial charge in [-0.25, -0.2) is 0 Å². The van der Waals surface area contributed by atoms with Crippen LogP contribution in [0.1, 0.15) is 42.9 Å². The minimum atomic E-state index is 0.641. The molecule has 1 heteroatoms. The summed E-state index contributed by atoms with van der Waals surface area (Å²) in [5.74, 6) is 1.74. The van der Waals surface area contributed by atoms with Crippen molar-refractivity contribution in [3.63, 3.8) is 0 Å². The van der Waals surface area contributed by atoms with Gasteiger partial charge in [-0.2, -0.15) is 0 Å². The molecule has 1 nitrogen and oxygen atoms in total. The van der Waals surface area contributed by atoms with E-state index in [1.807, 2.05) is 0 Å². The van der Waals surface area contributed by atoms with Crippen molar-refractivity contribution in [3.05, 3.63) is 34.9 Å². The molecule has 1 aliphatic rings. The summed E-state index contributed by atoms with van der Waals surface area (Å²) in [7, 11) is 2.13. The molecule has 1 aromatic carbocycles. The van der Waals surface area contributed by atoms with E-state index >= 15 is 0 Å². The molecular formula is C17H27N. The van der Waals surface area contributed by atoms with Crippen LogP contribution in [0.5, 0.6) is 0 Å². The van der Waals surface area contributed by atoms with Gasteiger partial charge >= 0.3 is 0 Å². The van der Waals surface area contributed by atoms with E-state index in [0.29, 0.717) is 6.04 Å². The second-order valence-corrected chi connectivity index (χ2v) is 6.04. The lowest BCUT2D eigenvalue weighted by Crippen LogP contribution is -2.37. The SMILES string of the molecule is CNC(Cc1c(C)cccc1C)C1CCCC1C. The smallest absolute Gasteiger partial charge is 0.0135 e. The van der Waals surface area contributed by atoms with Gasteiger partial charge in [0.05, 0.1) is 0 Å². The summed E-state index contributed by atoms with van der Waals surface area (Å²) in [6.45, 7) is 6.91. The first-order valence-corrected chi connectivity index (χ1v) is 7.36. The van der Waals surface area contributed by atoms with Crippen molar-refractivity contribution in [1.82, 2.24) is 5.32 Å². The first-order valence-electron chi connectivity index (χ1n) is 7.36. The molecule has 3 unspecified atom stereocenters. The van der Waals surface area contributed by atoms with Crippen molar-refractivity contribution in [2.24, 2.45) is 11.8 Å². The number of hydrogen-bond acceptors (Lipinski definition) is 1. The monoisotopic (exact) mass is 245 g/mol. The van der Waals surface area contributed by atoms with E-state index in [1.165, 1.54) is 36.8 Å². The predicted octanol–water partition coefficient (Wildman–Crippen LogP) is 3.87. The standard InChI is InChI=1S/C17H27N/c1-12-9-6-10-15(12)17(18-4)11-16-13(2)7-5-8-14(16)3/h5,7-8,12,15,17-18H,6,9-11H2,1-4H3. The normalized spacial score (nSPS) is 25.3. The minimum Gasteiger partial charge on any atom is -0.316 e. The van der Waals surface area contributed by atoms with Gasteiger partial charge in [0.15, 0.2) is 0 Å². The van der Waals surface area contributed by atoms with Crippen molar-refractivity contribution in [2.45, 2.75) is 52.5 Å². The van der Waals surface area contributed by atoms with Crippen LogP contribution in [-0.2, 0) is 6.42 Å². The lowest BCUT2D eigenvalue weighted by molar-refractivity contribution is 0.307. The highest BCUT2D eigenvalue weighted by atomic mass is 14.9.